The lowest BCUT2D eigenvalue weighted by molar-refractivity contribution is 0.660. The number of hydrogen-bond donors (Lipinski definition) is 0. The lowest BCUT2D eigenvalue weighted by Gasteiger charge is -2.21. The minimum atomic E-state index is 0.0189. The standard InChI is InChI=1S/C21H16BrCl/c1-21(2)19-8-6-14(13-4-3-5-15(22)10-13)11-17(19)18-12-16(23)7-9-20(18)21/h3-12H,1-2H3. The van der Waals surface area contributed by atoms with Crippen molar-refractivity contribution in [3.63, 3.8) is 0 Å². The fourth-order valence-corrected chi connectivity index (χ4v) is 4.16. The van der Waals surface area contributed by atoms with Crippen LogP contribution in [0.5, 0.6) is 0 Å². The molecule has 3 aromatic carbocycles. The molecule has 0 aromatic heterocycles. The molecule has 0 radical (unpaired) electrons. The van der Waals surface area contributed by atoms with Crippen LogP contribution in [-0.2, 0) is 5.41 Å². The molecule has 23 heavy (non-hydrogen) atoms. The van der Waals surface area contributed by atoms with Crippen molar-refractivity contribution in [2.45, 2.75) is 19.3 Å². The van der Waals surface area contributed by atoms with Crippen molar-refractivity contribution in [1.82, 2.24) is 0 Å². The van der Waals surface area contributed by atoms with Crippen LogP contribution >= 0.6 is 27.5 Å². The molecule has 114 valence electrons. The van der Waals surface area contributed by atoms with Gasteiger partial charge >= 0.3 is 0 Å². The summed E-state index contributed by atoms with van der Waals surface area (Å²) in [5.74, 6) is 0. The number of rotatable bonds is 1. The van der Waals surface area contributed by atoms with E-state index in [1.165, 1.54) is 33.4 Å². The highest BCUT2D eigenvalue weighted by atomic mass is 79.9. The zero-order chi connectivity index (χ0) is 16.2. The third-order valence-electron chi connectivity index (χ3n) is 4.80. The van der Waals surface area contributed by atoms with Crippen LogP contribution in [0.4, 0.5) is 0 Å². The van der Waals surface area contributed by atoms with E-state index < -0.39 is 0 Å². The first-order valence-electron chi connectivity index (χ1n) is 7.68. The number of benzene rings is 3. The van der Waals surface area contributed by atoms with Crippen LogP contribution in [0.25, 0.3) is 22.3 Å². The van der Waals surface area contributed by atoms with Gasteiger partial charge in [0.25, 0.3) is 0 Å². The van der Waals surface area contributed by atoms with E-state index in [1.807, 2.05) is 6.07 Å². The van der Waals surface area contributed by atoms with Crippen molar-refractivity contribution in [2.75, 3.05) is 0 Å². The summed E-state index contributed by atoms with van der Waals surface area (Å²) in [5, 5.41) is 0.792. The van der Waals surface area contributed by atoms with E-state index in [9.17, 15) is 0 Å². The van der Waals surface area contributed by atoms with Gasteiger partial charge in [-0.1, -0.05) is 71.7 Å². The Labute approximate surface area is 150 Å². The first-order valence-corrected chi connectivity index (χ1v) is 8.85. The summed E-state index contributed by atoms with van der Waals surface area (Å²) in [4.78, 5) is 0. The fraction of sp³-hybridized carbons (Fsp3) is 0.143. The zero-order valence-corrected chi connectivity index (χ0v) is 15.4. The Morgan fingerprint density at radius 1 is 0.783 bits per heavy atom. The fourth-order valence-electron chi connectivity index (χ4n) is 3.59. The average molecular weight is 384 g/mol. The molecular formula is C21H16BrCl. The Kier molecular flexibility index (Phi) is 3.40. The van der Waals surface area contributed by atoms with Crippen molar-refractivity contribution >= 4 is 27.5 Å². The molecule has 0 bridgehead atoms. The molecule has 1 aliphatic rings. The summed E-state index contributed by atoms with van der Waals surface area (Å²) in [5.41, 5.74) is 7.74. The van der Waals surface area contributed by atoms with E-state index in [0.29, 0.717) is 0 Å². The molecule has 0 unspecified atom stereocenters. The molecule has 1 aliphatic carbocycles. The van der Waals surface area contributed by atoms with E-state index in [0.717, 1.165) is 9.50 Å². The third-order valence-corrected chi connectivity index (χ3v) is 5.52. The zero-order valence-electron chi connectivity index (χ0n) is 13.0. The van der Waals surface area contributed by atoms with Crippen LogP contribution in [0.1, 0.15) is 25.0 Å². The van der Waals surface area contributed by atoms with Crippen molar-refractivity contribution in [2.24, 2.45) is 0 Å². The SMILES string of the molecule is CC1(C)c2ccc(Cl)cc2-c2cc(-c3cccc(Br)c3)ccc21. The van der Waals surface area contributed by atoms with Crippen molar-refractivity contribution in [3.05, 3.63) is 81.3 Å². The van der Waals surface area contributed by atoms with E-state index in [2.05, 4.69) is 84.4 Å². The quantitative estimate of drug-likeness (QED) is 0.421. The van der Waals surface area contributed by atoms with Gasteiger partial charge in [-0.05, 0) is 63.7 Å². The monoisotopic (exact) mass is 382 g/mol. The maximum atomic E-state index is 6.25. The first kappa shape index (κ1) is 15.0. The Hall–Kier alpha value is -1.57. The molecule has 0 spiro atoms. The second-order valence-electron chi connectivity index (χ2n) is 6.59. The number of fused-ring (bicyclic) bond motifs is 3. The maximum Gasteiger partial charge on any atom is 0.0412 e. The topological polar surface area (TPSA) is 0 Å². The Bertz CT molecular complexity index is 925. The molecule has 4 rings (SSSR count). The summed E-state index contributed by atoms with van der Waals surface area (Å²) in [6, 6.07) is 21.4. The highest BCUT2D eigenvalue weighted by molar-refractivity contribution is 9.10. The minimum Gasteiger partial charge on any atom is -0.0843 e. The van der Waals surface area contributed by atoms with E-state index in [1.54, 1.807) is 0 Å². The molecule has 0 fully saturated rings. The smallest absolute Gasteiger partial charge is 0.0412 e. The van der Waals surface area contributed by atoms with E-state index in [-0.39, 0.29) is 5.41 Å². The Morgan fingerprint density at radius 2 is 1.43 bits per heavy atom. The lowest BCUT2D eigenvalue weighted by Crippen LogP contribution is -2.14. The maximum absolute atomic E-state index is 6.25. The van der Waals surface area contributed by atoms with Crippen LogP contribution < -0.4 is 0 Å². The van der Waals surface area contributed by atoms with Gasteiger partial charge < -0.3 is 0 Å². The first-order chi connectivity index (χ1) is 11.0. The van der Waals surface area contributed by atoms with Gasteiger partial charge in [-0.15, -0.1) is 0 Å². The van der Waals surface area contributed by atoms with Gasteiger partial charge in [0.1, 0.15) is 0 Å². The largest absolute Gasteiger partial charge is 0.0843 e. The molecule has 0 aliphatic heterocycles. The molecular weight excluding hydrogens is 368 g/mol. The minimum absolute atomic E-state index is 0.0189. The van der Waals surface area contributed by atoms with Crippen LogP contribution in [-0.4, -0.2) is 0 Å². The van der Waals surface area contributed by atoms with Crippen LogP contribution in [0.3, 0.4) is 0 Å². The summed E-state index contributed by atoms with van der Waals surface area (Å²) in [6.07, 6.45) is 0. The van der Waals surface area contributed by atoms with Gasteiger partial charge in [0.05, 0.1) is 0 Å². The van der Waals surface area contributed by atoms with Gasteiger partial charge in [-0.25, -0.2) is 0 Å². The highest BCUT2D eigenvalue weighted by Crippen LogP contribution is 2.50. The molecule has 0 N–H and O–H groups in total. The summed E-state index contributed by atoms with van der Waals surface area (Å²) in [6.45, 7) is 4.56. The van der Waals surface area contributed by atoms with Gasteiger partial charge in [0.2, 0.25) is 0 Å². The van der Waals surface area contributed by atoms with Gasteiger partial charge in [0.15, 0.2) is 0 Å². The van der Waals surface area contributed by atoms with Gasteiger partial charge in [0, 0.05) is 14.9 Å². The summed E-state index contributed by atoms with van der Waals surface area (Å²) < 4.78 is 1.10. The normalized spacial score (nSPS) is 14.4. The van der Waals surface area contributed by atoms with Gasteiger partial charge in [-0.3, -0.25) is 0 Å². The third kappa shape index (κ3) is 2.34. The summed E-state index contributed by atoms with van der Waals surface area (Å²) >= 11 is 9.81. The van der Waals surface area contributed by atoms with Gasteiger partial charge in [-0.2, -0.15) is 0 Å². The predicted octanol–water partition coefficient (Wildman–Crippen LogP) is 7.08. The van der Waals surface area contributed by atoms with E-state index >= 15 is 0 Å². The number of hydrogen-bond acceptors (Lipinski definition) is 0. The molecule has 0 nitrogen and oxygen atoms in total. The van der Waals surface area contributed by atoms with Crippen LogP contribution in [0.2, 0.25) is 5.02 Å². The molecule has 0 atom stereocenters. The molecule has 3 aromatic rings. The van der Waals surface area contributed by atoms with Crippen molar-refractivity contribution in [1.29, 1.82) is 0 Å². The molecule has 0 saturated heterocycles. The van der Waals surface area contributed by atoms with E-state index in [4.69, 9.17) is 11.6 Å². The van der Waals surface area contributed by atoms with Crippen molar-refractivity contribution in [3.8, 4) is 22.3 Å². The molecule has 0 saturated carbocycles. The lowest BCUT2D eigenvalue weighted by atomic mass is 9.82. The molecule has 0 amide bonds. The molecule has 2 heteroatoms. The Balaban J connectivity index is 1.95. The highest BCUT2D eigenvalue weighted by Gasteiger charge is 2.35. The Morgan fingerprint density at radius 3 is 2.17 bits per heavy atom. The van der Waals surface area contributed by atoms with Crippen molar-refractivity contribution < 1.29 is 0 Å². The second kappa shape index (κ2) is 5.22. The molecule has 0 heterocycles. The summed E-state index contributed by atoms with van der Waals surface area (Å²) in [7, 11) is 0. The second-order valence-corrected chi connectivity index (χ2v) is 7.94. The van der Waals surface area contributed by atoms with Crippen LogP contribution in [0, 0.1) is 0 Å². The van der Waals surface area contributed by atoms with Crippen LogP contribution in [0.15, 0.2) is 65.1 Å². The average Bonchev–Trinajstić information content (AvgIpc) is 2.75. The number of halogens is 2. The predicted molar refractivity (Wildman–Crippen MR) is 102 cm³/mol.